The number of fused-ring (bicyclic) bond motifs is 3. The number of hydrogen-bond acceptors (Lipinski definition) is 1. The molecule has 14 heavy (non-hydrogen) atoms. The molecule has 74 valence electrons. The zero-order chi connectivity index (χ0) is 9.54. The molecule has 1 saturated carbocycles. The second-order valence-corrected chi connectivity index (χ2v) is 5.90. The number of benzene rings is 1. The Bertz CT molecular complexity index is 386. The summed E-state index contributed by atoms with van der Waals surface area (Å²) in [6, 6.07) is 8.30. The standard InChI is InChI=1S/C12H14OS/c13-14-11-7-3-1-5-9(11)10-6-2-4-8-12(10)14/h1,3,5,7,10,12H,2,4,6,8H2. The van der Waals surface area contributed by atoms with Crippen molar-refractivity contribution < 1.29 is 4.21 Å². The van der Waals surface area contributed by atoms with Crippen LogP contribution < -0.4 is 0 Å². The van der Waals surface area contributed by atoms with Crippen LogP contribution in [0.3, 0.4) is 0 Å². The SMILES string of the molecule is O=S1c2ccccc2C2CCCCC21. The van der Waals surface area contributed by atoms with Crippen molar-refractivity contribution in [2.24, 2.45) is 0 Å². The van der Waals surface area contributed by atoms with Crippen LogP contribution in [0, 0.1) is 0 Å². The fourth-order valence-electron chi connectivity index (χ4n) is 2.84. The molecule has 1 fully saturated rings. The minimum atomic E-state index is -0.714. The quantitative estimate of drug-likeness (QED) is 0.638. The number of hydrogen-bond donors (Lipinski definition) is 0. The van der Waals surface area contributed by atoms with Gasteiger partial charge in [-0.25, -0.2) is 0 Å². The zero-order valence-corrected chi connectivity index (χ0v) is 8.93. The van der Waals surface area contributed by atoms with Gasteiger partial charge in [0.15, 0.2) is 0 Å². The van der Waals surface area contributed by atoms with Gasteiger partial charge < -0.3 is 0 Å². The lowest BCUT2D eigenvalue weighted by molar-refractivity contribution is 0.455. The third-order valence-corrected chi connectivity index (χ3v) is 5.43. The first-order valence-electron chi connectivity index (χ1n) is 5.37. The van der Waals surface area contributed by atoms with Gasteiger partial charge in [0.1, 0.15) is 0 Å². The summed E-state index contributed by atoms with van der Waals surface area (Å²) in [4.78, 5) is 1.12. The highest BCUT2D eigenvalue weighted by Gasteiger charge is 2.39. The van der Waals surface area contributed by atoms with Crippen LogP contribution in [0.1, 0.15) is 37.2 Å². The molecule has 1 aliphatic heterocycles. The Kier molecular flexibility index (Phi) is 1.98. The van der Waals surface area contributed by atoms with Gasteiger partial charge in [0.05, 0.1) is 10.8 Å². The Labute approximate surface area is 87.0 Å². The lowest BCUT2D eigenvalue weighted by Crippen LogP contribution is -2.20. The summed E-state index contributed by atoms with van der Waals surface area (Å²) in [5, 5.41) is 0.432. The molecule has 2 aliphatic rings. The molecule has 1 heterocycles. The lowest BCUT2D eigenvalue weighted by Gasteiger charge is -2.23. The first-order valence-corrected chi connectivity index (χ1v) is 6.59. The van der Waals surface area contributed by atoms with Crippen LogP contribution in [0.25, 0.3) is 0 Å². The minimum absolute atomic E-state index is 0.432. The van der Waals surface area contributed by atoms with Crippen LogP contribution in [0.4, 0.5) is 0 Å². The van der Waals surface area contributed by atoms with E-state index in [0.29, 0.717) is 11.2 Å². The summed E-state index contributed by atoms with van der Waals surface area (Å²) in [6.07, 6.45) is 4.98. The Morgan fingerprint density at radius 2 is 1.93 bits per heavy atom. The largest absolute Gasteiger partial charge is 0.254 e. The molecule has 3 unspecified atom stereocenters. The molecule has 3 rings (SSSR count). The minimum Gasteiger partial charge on any atom is -0.254 e. The number of rotatable bonds is 0. The van der Waals surface area contributed by atoms with E-state index in [2.05, 4.69) is 12.1 Å². The van der Waals surface area contributed by atoms with E-state index in [1.54, 1.807) is 0 Å². The van der Waals surface area contributed by atoms with E-state index in [0.717, 1.165) is 11.3 Å². The topological polar surface area (TPSA) is 17.1 Å². The smallest absolute Gasteiger partial charge is 0.0569 e. The Morgan fingerprint density at radius 1 is 1.14 bits per heavy atom. The second kappa shape index (κ2) is 3.20. The zero-order valence-electron chi connectivity index (χ0n) is 8.11. The fourth-order valence-corrected chi connectivity index (χ4v) is 4.79. The summed E-state index contributed by atoms with van der Waals surface area (Å²) < 4.78 is 12.1. The van der Waals surface area contributed by atoms with Crippen LogP contribution >= 0.6 is 0 Å². The van der Waals surface area contributed by atoms with Gasteiger partial charge in [-0.1, -0.05) is 31.0 Å². The van der Waals surface area contributed by atoms with E-state index in [-0.39, 0.29) is 0 Å². The average Bonchev–Trinajstić information content (AvgIpc) is 2.55. The molecular formula is C12H14OS. The van der Waals surface area contributed by atoms with Crippen molar-refractivity contribution in [3.63, 3.8) is 0 Å². The van der Waals surface area contributed by atoms with Gasteiger partial charge in [-0.3, -0.25) is 4.21 Å². The van der Waals surface area contributed by atoms with E-state index in [1.165, 1.54) is 24.8 Å². The Balaban J connectivity index is 2.11. The van der Waals surface area contributed by atoms with Crippen molar-refractivity contribution >= 4 is 10.8 Å². The van der Waals surface area contributed by atoms with Crippen LogP contribution in [-0.4, -0.2) is 9.46 Å². The maximum Gasteiger partial charge on any atom is 0.0569 e. The summed E-state index contributed by atoms with van der Waals surface area (Å²) in [7, 11) is -0.714. The van der Waals surface area contributed by atoms with E-state index >= 15 is 0 Å². The molecule has 1 aromatic carbocycles. The van der Waals surface area contributed by atoms with Crippen molar-refractivity contribution in [1.82, 2.24) is 0 Å². The van der Waals surface area contributed by atoms with Crippen molar-refractivity contribution in [2.75, 3.05) is 0 Å². The summed E-state index contributed by atoms with van der Waals surface area (Å²) in [5.74, 6) is 0.598. The van der Waals surface area contributed by atoms with E-state index < -0.39 is 10.8 Å². The second-order valence-electron chi connectivity index (χ2n) is 4.26. The third kappa shape index (κ3) is 1.10. The van der Waals surface area contributed by atoms with Crippen molar-refractivity contribution in [1.29, 1.82) is 0 Å². The molecule has 0 N–H and O–H groups in total. The van der Waals surface area contributed by atoms with Crippen molar-refractivity contribution in [2.45, 2.75) is 41.7 Å². The molecule has 0 radical (unpaired) electrons. The molecule has 0 spiro atoms. The molecule has 0 saturated heterocycles. The molecule has 3 atom stereocenters. The molecule has 0 amide bonds. The van der Waals surface area contributed by atoms with Crippen molar-refractivity contribution in [3.8, 4) is 0 Å². The molecule has 0 aromatic heterocycles. The van der Waals surface area contributed by atoms with Crippen LogP contribution in [-0.2, 0) is 10.8 Å². The lowest BCUT2D eigenvalue weighted by atomic mass is 9.84. The highest BCUT2D eigenvalue weighted by Crippen LogP contribution is 2.45. The van der Waals surface area contributed by atoms with Crippen LogP contribution in [0.15, 0.2) is 29.2 Å². The van der Waals surface area contributed by atoms with E-state index in [1.807, 2.05) is 12.1 Å². The monoisotopic (exact) mass is 206 g/mol. The molecule has 1 aromatic rings. The molecule has 0 bridgehead atoms. The first-order chi connectivity index (χ1) is 6.88. The predicted octanol–water partition coefficient (Wildman–Crippen LogP) is 2.83. The molecule has 2 heteroatoms. The highest BCUT2D eigenvalue weighted by molar-refractivity contribution is 7.86. The van der Waals surface area contributed by atoms with Crippen LogP contribution in [0.2, 0.25) is 0 Å². The average molecular weight is 206 g/mol. The van der Waals surface area contributed by atoms with Gasteiger partial charge in [0.25, 0.3) is 0 Å². The summed E-state index contributed by atoms with van der Waals surface area (Å²) in [5.41, 5.74) is 1.37. The Morgan fingerprint density at radius 3 is 2.86 bits per heavy atom. The van der Waals surface area contributed by atoms with Crippen LogP contribution in [0.5, 0.6) is 0 Å². The van der Waals surface area contributed by atoms with E-state index in [9.17, 15) is 4.21 Å². The molecule has 1 nitrogen and oxygen atoms in total. The highest BCUT2D eigenvalue weighted by atomic mass is 32.2. The van der Waals surface area contributed by atoms with Gasteiger partial charge in [-0.05, 0) is 30.4 Å². The van der Waals surface area contributed by atoms with Crippen molar-refractivity contribution in [3.05, 3.63) is 29.8 Å². The van der Waals surface area contributed by atoms with Gasteiger partial charge in [-0.2, -0.15) is 0 Å². The predicted molar refractivity (Wildman–Crippen MR) is 57.8 cm³/mol. The van der Waals surface area contributed by atoms with Gasteiger partial charge in [0, 0.05) is 10.1 Å². The Hall–Kier alpha value is -0.630. The molecule has 1 aliphatic carbocycles. The maximum atomic E-state index is 12.1. The normalized spacial score (nSPS) is 35.0. The molecular weight excluding hydrogens is 192 g/mol. The summed E-state index contributed by atoms with van der Waals surface area (Å²) >= 11 is 0. The van der Waals surface area contributed by atoms with Gasteiger partial charge >= 0.3 is 0 Å². The fraction of sp³-hybridized carbons (Fsp3) is 0.500. The maximum absolute atomic E-state index is 12.1. The van der Waals surface area contributed by atoms with E-state index in [4.69, 9.17) is 0 Å². The van der Waals surface area contributed by atoms with Gasteiger partial charge in [0.2, 0.25) is 0 Å². The third-order valence-electron chi connectivity index (χ3n) is 3.51. The summed E-state index contributed by atoms with van der Waals surface area (Å²) in [6.45, 7) is 0. The van der Waals surface area contributed by atoms with Gasteiger partial charge in [-0.15, -0.1) is 0 Å². The first kappa shape index (κ1) is 8.66.